The smallest absolute Gasteiger partial charge is 0.164 e. The van der Waals surface area contributed by atoms with Crippen molar-refractivity contribution in [3.05, 3.63) is 23.8 Å². The van der Waals surface area contributed by atoms with E-state index in [1.165, 1.54) is 0 Å². The van der Waals surface area contributed by atoms with Crippen molar-refractivity contribution >= 4 is 0 Å². The highest BCUT2D eigenvalue weighted by atomic mass is 16.5. The van der Waals surface area contributed by atoms with Crippen LogP contribution in [-0.4, -0.2) is 11.2 Å². The summed E-state index contributed by atoms with van der Waals surface area (Å²) in [6.07, 6.45) is 0.174. The number of ether oxygens (including phenoxy) is 1. The lowest BCUT2D eigenvalue weighted by Crippen LogP contribution is -2.10. The highest BCUT2D eigenvalue weighted by Gasteiger charge is 2.29. The summed E-state index contributed by atoms with van der Waals surface area (Å²) >= 11 is 0. The van der Waals surface area contributed by atoms with Gasteiger partial charge in [-0.2, -0.15) is 0 Å². The minimum Gasteiger partial charge on any atom is -0.504 e. The quantitative estimate of drug-likeness (QED) is 0.637. The van der Waals surface area contributed by atoms with Crippen molar-refractivity contribution in [1.29, 1.82) is 0 Å². The number of benzene rings is 1. The van der Waals surface area contributed by atoms with Gasteiger partial charge in [-0.1, -0.05) is 19.1 Å². The third kappa shape index (κ3) is 0.876. The zero-order chi connectivity index (χ0) is 8.72. The average Bonchev–Trinajstić information content (AvgIpc) is 2.32. The van der Waals surface area contributed by atoms with Gasteiger partial charge in [0.25, 0.3) is 0 Å². The highest BCUT2D eigenvalue weighted by molar-refractivity contribution is 5.50. The van der Waals surface area contributed by atoms with Gasteiger partial charge < -0.3 is 9.84 Å². The maximum absolute atomic E-state index is 9.44. The van der Waals surface area contributed by atoms with Gasteiger partial charge in [-0.25, -0.2) is 0 Å². The van der Waals surface area contributed by atoms with E-state index in [4.69, 9.17) is 4.74 Å². The van der Waals surface area contributed by atoms with Gasteiger partial charge in [-0.15, -0.1) is 0 Å². The first kappa shape index (κ1) is 7.47. The number of aromatic hydroxyl groups is 1. The molecule has 1 aliphatic heterocycles. The summed E-state index contributed by atoms with van der Waals surface area (Å²) in [6, 6.07) is 5.51. The molecule has 0 saturated carbocycles. The average molecular weight is 164 g/mol. The zero-order valence-electron chi connectivity index (χ0n) is 7.24. The molecule has 0 aromatic heterocycles. The molecule has 0 radical (unpaired) electrons. The Kier molecular flexibility index (Phi) is 1.50. The van der Waals surface area contributed by atoms with Crippen molar-refractivity contribution in [2.75, 3.05) is 0 Å². The summed E-state index contributed by atoms with van der Waals surface area (Å²) < 4.78 is 5.50. The van der Waals surface area contributed by atoms with E-state index in [-0.39, 0.29) is 11.9 Å². The first-order valence-electron chi connectivity index (χ1n) is 4.18. The van der Waals surface area contributed by atoms with Crippen LogP contribution in [0.3, 0.4) is 0 Å². The second-order valence-electron chi connectivity index (χ2n) is 3.31. The summed E-state index contributed by atoms with van der Waals surface area (Å²) in [5.74, 6) is 1.30. The largest absolute Gasteiger partial charge is 0.504 e. The van der Waals surface area contributed by atoms with Crippen molar-refractivity contribution in [3.63, 3.8) is 0 Å². The molecule has 64 valence electrons. The molecule has 0 saturated heterocycles. The molecule has 2 heteroatoms. The first-order chi connectivity index (χ1) is 5.70. The maximum Gasteiger partial charge on any atom is 0.164 e. The molecule has 0 amide bonds. The Morgan fingerprint density at radius 1 is 1.33 bits per heavy atom. The van der Waals surface area contributed by atoms with Crippen LogP contribution in [-0.2, 0) is 0 Å². The molecule has 0 bridgehead atoms. The van der Waals surface area contributed by atoms with Crippen LogP contribution in [0.15, 0.2) is 18.2 Å². The zero-order valence-corrected chi connectivity index (χ0v) is 7.24. The normalized spacial score (nSPS) is 26.5. The van der Waals surface area contributed by atoms with Crippen molar-refractivity contribution in [2.45, 2.75) is 25.9 Å². The summed E-state index contributed by atoms with van der Waals surface area (Å²) in [4.78, 5) is 0. The maximum atomic E-state index is 9.44. The number of phenolic OH excluding ortho intramolecular Hbond substituents is 1. The summed E-state index contributed by atoms with van der Waals surface area (Å²) in [6.45, 7) is 4.13. The third-order valence-corrected chi connectivity index (χ3v) is 2.52. The van der Waals surface area contributed by atoms with Crippen LogP contribution >= 0.6 is 0 Å². The molecule has 1 aromatic carbocycles. The van der Waals surface area contributed by atoms with E-state index in [0.717, 1.165) is 5.56 Å². The van der Waals surface area contributed by atoms with Gasteiger partial charge in [-0.05, 0) is 13.0 Å². The van der Waals surface area contributed by atoms with Crippen molar-refractivity contribution < 1.29 is 9.84 Å². The molecule has 1 heterocycles. The lowest BCUT2D eigenvalue weighted by Gasteiger charge is -2.07. The molecule has 12 heavy (non-hydrogen) atoms. The third-order valence-electron chi connectivity index (χ3n) is 2.52. The molecule has 0 aliphatic carbocycles. The van der Waals surface area contributed by atoms with Crippen LogP contribution in [0, 0.1) is 0 Å². The Balaban J connectivity index is 2.53. The van der Waals surface area contributed by atoms with Crippen LogP contribution < -0.4 is 4.74 Å². The van der Waals surface area contributed by atoms with E-state index >= 15 is 0 Å². The number of fused-ring (bicyclic) bond motifs is 1. The van der Waals surface area contributed by atoms with Gasteiger partial charge in [0.1, 0.15) is 6.10 Å². The molecule has 2 rings (SSSR count). The number of para-hydroxylation sites is 1. The number of hydrogen-bond acceptors (Lipinski definition) is 2. The van der Waals surface area contributed by atoms with E-state index in [9.17, 15) is 5.11 Å². The summed E-state index contributed by atoms with van der Waals surface area (Å²) in [5.41, 5.74) is 1.11. The molecule has 1 aromatic rings. The van der Waals surface area contributed by atoms with E-state index in [1.54, 1.807) is 6.07 Å². The van der Waals surface area contributed by atoms with Crippen LogP contribution in [0.4, 0.5) is 0 Å². The van der Waals surface area contributed by atoms with E-state index in [2.05, 4.69) is 6.92 Å². The van der Waals surface area contributed by atoms with Crippen LogP contribution in [0.2, 0.25) is 0 Å². The summed E-state index contributed by atoms with van der Waals surface area (Å²) in [7, 11) is 0. The SMILES string of the molecule is CC1Oc2c(O)cccc2C1C. The minimum absolute atomic E-state index is 0.174. The van der Waals surface area contributed by atoms with Crippen LogP contribution in [0.5, 0.6) is 11.5 Å². The Morgan fingerprint density at radius 3 is 2.75 bits per heavy atom. The second kappa shape index (κ2) is 2.41. The number of rotatable bonds is 0. The van der Waals surface area contributed by atoms with Crippen molar-refractivity contribution in [1.82, 2.24) is 0 Å². The Morgan fingerprint density at radius 2 is 2.08 bits per heavy atom. The summed E-state index contributed by atoms with van der Waals surface area (Å²) in [5, 5.41) is 9.44. The van der Waals surface area contributed by atoms with Crippen LogP contribution in [0.25, 0.3) is 0 Å². The molecular formula is C10H12O2. The predicted molar refractivity (Wildman–Crippen MR) is 46.6 cm³/mol. The number of hydrogen-bond donors (Lipinski definition) is 1. The van der Waals surface area contributed by atoms with Gasteiger partial charge in [0.05, 0.1) is 0 Å². The lowest BCUT2D eigenvalue weighted by atomic mass is 9.99. The van der Waals surface area contributed by atoms with Gasteiger partial charge in [-0.3, -0.25) is 0 Å². The topological polar surface area (TPSA) is 29.5 Å². The molecule has 1 N–H and O–H groups in total. The molecule has 2 atom stereocenters. The van der Waals surface area contributed by atoms with Gasteiger partial charge in [0, 0.05) is 11.5 Å². The minimum atomic E-state index is 0.174. The molecule has 2 nitrogen and oxygen atoms in total. The molecule has 2 unspecified atom stereocenters. The Bertz CT molecular complexity index is 307. The van der Waals surface area contributed by atoms with Gasteiger partial charge in [0.2, 0.25) is 0 Å². The number of phenols is 1. The highest BCUT2D eigenvalue weighted by Crippen LogP contribution is 2.43. The van der Waals surface area contributed by atoms with Crippen molar-refractivity contribution in [3.8, 4) is 11.5 Å². The Hall–Kier alpha value is -1.18. The first-order valence-corrected chi connectivity index (χ1v) is 4.18. The van der Waals surface area contributed by atoms with E-state index in [0.29, 0.717) is 11.7 Å². The molecular weight excluding hydrogens is 152 g/mol. The second-order valence-corrected chi connectivity index (χ2v) is 3.31. The van der Waals surface area contributed by atoms with E-state index < -0.39 is 0 Å². The predicted octanol–water partition coefficient (Wildman–Crippen LogP) is 2.28. The van der Waals surface area contributed by atoms with Gasteiger partial charge in [0.15, 0.2) is 11.5 Å². The molecule has 0 spiro atoms. The van der Waals surface area contributed by atoms with Gasteiger partial charge >= 0.3 is 0 Å². The van der Waals surface area contributed by atoms with E-state index in [1.807, 2.05) is 19.1 Å². The molecule has 1 aliphatic rings. The Labute approximate surface area is 71.8 Å². The monoisotopic (exact) mass is 164 g/mol. The fourth-order valence-electron chi connectivity index (χ4n) is 1.57. The van der Waals surface area contributed by atoms with Crippen molar-refractivity contribution in [2.24, 2.45) is 0 Å². The molecule has 0 fully saturated rings. The fourth-order valence-corrected chi connectivity index (χ4v) is 1.57. The van der Waals surface area contributed by atoms with Crippen LogP contribution in [0.1, 0.15) is 25.3 Å². The fraction of sp³-hybridized carbons (Fsp3) is 0.400. The standard InChI is InChI=1S/C10H12O2/c1-6-7(2)12-10-8(6)4-3-5-9(10)11/h3-7,11H,1-2H3. The lowest BCUT2D eigenvalue weighted by molar-refractivity contribution is 0.225.